The molecule has 0 aliphatic carbocycles. The van der Waals surface area contributed by atoms with Crippen molar-refractivity contribution < 1.29 is 9.53 Å². The standard InChI is InChI=1S/C15H18N4O2/c1-10-8-19(9-12(7-16)21-10)15(20)11-2-3-13-14(6-11)18-5-4-17-13/h2-6,10,12H,7-9,16H2,1H3. The average Bonchev–Trinajstić information content (AvgIpc) is 2.53. The largest absolute Gasteiger partial charge is 0.370 e. The molecule has 21 heavy (non-hydrogen) atoms. The number of nitrogens with zero attached hydrogens (tertiary/aromatic N) is 3. The average molecular weight is 286 g/mol. The number of rotatable bonds is 2. The number of carbonyl (C=O) groups excluding carboxylic acids is 1. The van der Waals surface area contributed by atoms with Crippen molar-refractivity contribution in [1.29, 1.82) is 0 Å². The third-order valence-corrected chi connectivity index (χ3v) is 3.59. The fourth-order valence-corrected chi connectivity index (χ4v) is 2.62. The number of hydrogen-bond acceptors (Lipinski definition) is 5. The van der Waals surface area contributed by atoms with Gasteiger partial charge in [0, 0.05) is 37.6 Å². The topological polar surface area (TPSA) is 81.3 Å². The third kappa shape index (κ3) is 2.86. The van der Waals surface area contributed by atoms with Crippen LogP contribution in [0.1, 0.15) is 17.3 Å². The highest BCUT2D eigenvalue weighted by molar-refractivity contribution is 5.97. The van der Waals surface area contributed by atoms with Crippen molar-refractivity contribution in [1.82, 2.24) is 14.9 Å². The van der Waals surface area contributed by atoms with Crippen LogP contribution < -0.4 is 5.73 Å². The Morgan fingerprint density at radius 2 is 2.10 bits per heavy atom. The van der Waals surface area contributed by atoms with E-state index in [0.717, 1.165) is 11.0 Å². The van der Waals surface area contributed by atoms with Gasteiger partial charge in [-0.25, -0.2) is 0 Å². The third-order valence-electron chi connectivity index (χ3n) is 3.59. The Balaban J connectivity index is 1.85. The van der Waals surface area contributed by atoms with E-state index < -0.39 is 0 Å². The van der Waals surface area contributed by atoms with Crippen LogP contribution in [0.2, 0.25) is 0 Å². The number of ether oxygens (including phenoxy) is 1. The summed E-state index contributed by atoms with van der Waals surface area (Å²) < 4.78 is 5.68. The van der Waals surface area contributed by atoms with Crippen molar-refractivity contribution in [2.45, 2.75) is 19.1 Å². The van der Waals surface area contributed by atoms with Crippen molar-refractivity contribution in [2.75, 3.05) is 19.6 Å². The Labute approximate surface area is 122 Å². The molecule has 1 fully saturated rings. The maximum Gasteiger partial charge on any atom is 0.254 e. The molecule has 1 aliphatic rings. The molecular formula is C15H18N4O2. The summed E-state index contributed by atoms with van der Waals surface area (Å²) in [4.78, 5) is 22.9. The Kier molecular flexibility index (Phi) is 3.81. The number of amides is 1. The maximum absolute atomic E-state index is 12.6. The highest BCUT2D eigenvalue weighted by atomic mass is 16.5. The first kappa shape index (κ1) is 13.9. The van der Waals surface area contributed by atoms with E-state index in [4.69, 9.17) is 10.5 Å². The summed E-state index contributed by atoms with van der Waals surface area (Å²) in [5.74, 6) is -0.0175. The van der Waals surface area contributed by atoms with Crippen LogP contribution in [0.4, 0.5) is 0 Å². The SMILES string of the molecule is CC1CN(C(=O)c2ccc3nccnc3c2)CC(CN)O1. The Hall–Kier alpha value is -2.05. The van der Waals surface area contributed by atoms with E-state index >= 15 is 0 Å². The summed E-state index contributed by atoms with van der Waals surface area (Å²) in [6, 6.07) is 5.39. The number of nitrogens with two attached hydrogens (primary N) is 1. The minimum absolute atomic E-state index is 0.00324. The fourth-order valence-electron chi connectivity index (χ4n) is 2.62. The van der Waals surface area contributed by atoms with E-state index in [1.54, 1.807) is 29.4 Å². The summed E-state index contributed by atoms with van der Waals surface area (Å²) in [5, 5.41) is 0. The molecule has 1 saturated heterocycles. The minimum atomic E-state index is -0.0991. The van der Waals surface area contributed by atoms with Gasteiger partial charge in [-0.1, -0.05) is 0 Å². The maximum atomic E-state index is 12.6. The first-order valence-corrected chi connectivity index (χ1v) is 7.03. The van der Waals surface area contributed by atoms with Gasteiger partial charge in [-0.3, -0.25) is 14.8 Å². The molecule has 6 heteroatoms. The number of benzene rings is 1. The van der Waals surface area contributed by atoms with E-state index in [1.165, 1.54) is 0 Å². The fraction of sp³-hybridized carbons (Fsp3) is 0.400. The lowest BCUT2D eigenvalue weighted by Gasteiger charge is -2.36. The lowest BCUT2D eigenvalue weighted by atomic mass is 10.1. The molecule has 2 atom stereocenters. The second-order valence-corrected chi connectivity index (χ2v) is 5.27. The van der Waals surface area contributed by atoms with Crippen LogP contribution in [-0.4, -0.2) is 52.6 Å². The lowest BCUT2D eigenvalue weighted by Crippen LogP contribution is -2.51. The van der Waals surface area contributed by atoms with Crippen LogP contribution in [0.5, 0.6) is 0 Å². The van der Waals surface area contributed by atoms with Gasteiger partial charge in [0.15, 0.2) is 0 Å². The van der Waals surface area contributed by atoms with Gasteiger partial charge in [-0.2, -0.15) is 0 Å². The Morgan fingerprint density at radius 1 is 1.33 bits per heavy atom. The van der Waals surface area contributed by atoms with E-state index in [1.807, 2.05) is 13.0 Å². The predicted molar refractivity (Wildman–Crippen MR) is 78.8 cm³/mol. The van der Waals surface area contributed by atoms with Crippen LogP contribution in [0.15, 0.2) is 30.6 Å². The van der Waals surface area contributed by atoms with Crippen molar-refractivity contribution in [2.24, 2.45) is 5.73 Å². The van der Waals surface area contributed by atoms with Crippen molar-refractivity contribution in [3.8, 4) is 0 Å². The van der Waals surface area contributed by atoms with Crippen LogP contribution in [0.3, 0.4) is 0 Å². The van der Waals surface area contributed by atoms with Gasteiger partial charge >= 0.3 is 0 Å². The second kappa shape index (κ2) is 5.75. The molecule has 0 bridgehead atoms. The van der Waals surface area contributed by atoms with Gasteiger partial charge in [-0.05, 0) is 25.1 Å². The van der Waals surface area contributed by atoms with E-state index in [9.17, 15) is 4.79 Å². The monoisotopic (exact) mass is 286 g/mol. The Morgan fingerprint density at radius 3 is 2.86 bits per heavy atom. The number of carbonyl (C=O) groups is 1. The minimum Gasteiger partial charge on any atom is -0.370 e. The van der Waals surface area contributed by atoms with Gasteiger partial charge in [0.2, 0.25) is 0 Å². The zero-order valence-corrected chi connectivity index (χ0v) is 11.9. The van der Waals surface area contributed by atoms with Crippen molar-refractivity contribution in [3.63, 3.8) is 0 Å². The van der Waals surface area contributed by atoms with E-state index in [0.29, 0.717) is 25.2 Å². The summed E-state index contributed by atoms with van der Waals surface area (Å²) in [6.07, 6.45) is 3.16. The van der Waals surface area contributed by atoms with E-state index in [2.05, 4.69) is 9.97 Å². The van der Waals surface area contributed by atoms with Gasteiger partial charge in [0.25, 0.3) is 5.91 Å². The molecule has 2 aromatic rings. The first-order chi connectivity index (χ1) is 10.2. The number of fused-ring (bicyclic) bond motifs is 1. The first-order valence-electron chi connectivity index (χ1n) is 7.03. The molecule has 0 saturated carbocycles. The van der Waals surface area contributed by atoms with Crippen molar-refractivity contribution in [3.05, 3.63) is 36.2 Å². The molecule has 2 unspecified atom stereocenters. The molecule has 1 aliphatic heterocycles. The van der Waals surface area contributed by atoms with Gasteiger partial charge in [-0.15, -0.1) is 0 Å². The normalized spacial score (nSPS) is 22.5. The highest BCUT2D eigenvalue weighted by Gasteiger charge is 2.28. The Bertz CT molecular complexity index is 661. The summed E-state index contributed by atoms with van der Waals surface area (Å²) in [6.45, 7) is 3.47. The second-order valence-electron chi connectivity index (χ2n) is 5.27. The van der Waals surface area contributed by atoms with Crippen LogP contribution in [0, 0.1) is 0 Å². The molecule has 0 spiro atoms. The zero-order valence-electron chi connectivity index (χ0n) is 11.9. The van der Waals surface area contributed by atoms with Crippen LogP contribution in [-0.2, 0) is 4.74 Å². The molecule has 3 rings (SSSR count). The van der Waals surface area contributed by atoms with Crippen LogP contribution >= 0.6 is 0 Å². The quantitative estimate of drug-likeness (QED) is 0.884. The van der Waals surface area contributed by atoms with Gasteiger partial charge < -0.3 is 15.4 Å². The zero-order chi connectivity index (χ0) is 14.8. The molecule has 0 radical (unpaired) electrons. The van der Waals surface area contributed by atoms with Gasteiger partial charge in [0.1, 0.15) is 0 Å². The molecule has 1 aromatic carbocycles. The van der Waals surface area contributed by atoms with Gasteiger partial charge in [0.05, 0.1) is 23.2 Å². The predicted octanol–water partition coefficient (Wildman–Crippen LogP) is 0.818. The summed E-state index contributed by atoms with van der Waals surface area (Å²) in [5.41, 5.74) is 7.78. The summed E-state index contributed by atoms with van der Waals surface area (Å²) >= 11 is 0. The molecule has 1 amide bonds. The molecule has 1 aromatic heterocycles. The number of morpholine rings is 1. The molecule has 6 nitrogen and oxygen atoms in total. The summed E-state index contributed by atoms with van der Waals surface area (Å²) in [7, 11) is 0. The molecular weight excluding hydrogens is 268 g/mol. The smallest absolute Gasteiger partial charge is 0.254 e. The van der Waals surface area contributed by atoms with Crippen molar-refractivity contribution >= 4 is 16.9 Å². The highest BCUT2D eigenvalue weighted by Crippen LogP contribution is 2.17. The molecule has 2 N–H and O–H groups in total. The lowest BCUT2D eigenvalue weighted by molar-refractivity contribution is -0.0625. The van der Waals surface area contributed by atoms with Crippen LogP contribution in [0.25, 0.3) is 11.0 Å². The molecule has 2 heterocycles. The van der Waals surface area contributed by atoms with E-state index in [-0.39, 0.29) is 18.1 Å². The molecule has 110 valence electrons. The number of hydrogen-bond donors (Lipinski definition) is 1. The number of aromatic nitrogens is 2.